The maximum atomic E-state index is 10.9. The lowest BCUT2D eigenvalue weighted by Gasteiger charge is -2.18. The highest BCUT2D eigenvalue weighted by Gasteiger charge is 2.29. The minimum Gasteiger partial charge on any atom is -0.481 e. The second kappa shape index (κ2) is 4.30. The fourth-order valence-corrected chi connectivity index (χ4v) is 2.32. The fraction of sp³-hybridized carbons (Fsp3) is 0.909. The van der Waals surface area contributed by atoms with Crippen molar-refractivity contribution in [1.29, 1.82) is 0 Å². The van der Waals surface area contributed by atoms with Crippen molar-refractivity contribution in [2.24, 2.45) is 5.92 Å². The average Bonchev–Trinajstić information content (AvgIpc) is 2.92. The summed E-state index contributed by atoms with van der Waals surface area (Å²) >= 11 is 0. The van der Waals surface area contributed by atoms with Gasteiger partial charge in [-0.2, -0.15) is 0 Å². The molecule has 0 aliphatic heterocycles. The van der Waals surface area contributed by atoms with Gasteiger partial charge in [-0.05, 0) is 32.1 Å². The fourth-order valence-electron chi connectivity index (χ4n) is 2.32. The quantitative estimate of drug-likeness (QED) is 0.678. The van der Waals surface area contributed by atoms with Crippen LogP contribution in [0.15, 0.2) is 0 Å². The first-order chi connectivity index (χ1) is 6.75. The topological polar surface area (TPSA) is 49.3 Å². The summed E-state index contributed by atoms with van der Waals surface area (Å²) in [5.74, 6) is -0.705. The number of carbonyl (C=O) groups is 1. The van der Waals surface area contributed by atoms with Gasteiger partial charge < -0.3 is 10.4 Å². The van der Waals surface area contributed by atoms with Crippen LogP contribution >= 0.6 is 0 Å². The highest BCUT2D eigenvalue weighted by atomic mass is 16.4. The summed E-state index contributed by atoms with van der Waals surface area (Å²) < 4.78 is 0. The summed E-state index contributed by atoms with van der Waals surface area (Å²) in [6, 6.07) is 1.17. The molecule has 2 aliphatic carbocycles. The number of aliphatic carboxylic acids is 1. The van der Waals surface area contributed by atoms with Gasteiger partial charge in [0.1, 0.15) is 0 Å². The monoisotopic (exact) mass is 197 g/mol. The molecule has 0 bridgehead atoms. The van der Waals surface area contributed by atoms with Gasteiger partial charge in [0.25, 0.3) is 0 Å². The molecule has 14 heavy (non-hydrogen) atoms. The molecule has 3 heteroatoms. The largest absolute Gasteiger partial charge is 0.481 e. The zero-order chi connectivity index (χ0) is 9.97. The van der Waals surface area contributed by atoms with E-state index < -0.39 is 5.97 Å². The Morgan fingerprint density at radius 2 is 1.79 bits per heavy atom. The molecular formula is C11H19NO2. The Bertz CT molecular complexity index is 213. The molecule has 0 radical (unpaired) electrons. The van der Waals surface area contributed by atoms with Gasteiger partial charge in [0.05, 0.1) is 5.92 Å². The Labute approximate surface area is 84.9 Å². The van der Waals surface area contributed by atoms with Crippen LogP contribution in [0.25, 0.3) is 0 Å². The van der Waals surface area contributed by atoms with Crippen molar-refractivity contribution in [2.45, 2.75) is 57.0 Å². The van der Waals surface area contributed by atoms with Crippen LogP contribution in [0, 0.1) is 5.92 Å². The lowest BCUT2D eigenvalue weighted by atomic mass is 9.98. The number of hydrogen-bond donors (Lipinski definition) is 2. The molecule has 3 nitrogen and oxygen atoms in total. The molecular weight excluding hydrogens is 178 g/mol. The number of hydrogen-bond acceptors (Lipinski definition) is 2. The number of carboxylic acid groups (broad SMARTS) is 1. The average molecular weight is 197 g/mol. The zero-order valence-electron chi connectivity index (χ0n) is 8.54. The van der Waals surface area contributed by atoms with E-state index in [0.29, 0.717) is 12.1 Å². The molecule has 0 aromatic heterocycles. The molecule has 2 fully saturated rings. The molecule has 0 heterocycles. The lowest BCUT2D eigenvalue weighted by Crippen LogP contribution is -2.33. The molecule has 2 aliphatic rings. The van der Waals surface area contributed by atoms with Gasteiger partial charge in [-0.25, -0.2) is 0 Å². The van der Waals surface area contributed by atoms with E-state index >= 15 is 0 Å². The van der Waals surface area contributed by atoms with E-state index in [9.17, 15) is 4.79 Å². The van der Waals surface area contributed by atoms with E-state index in [-0.39, 0.29) is 5.92 Å². The summed E-state index contributed by atoms with van der Waals surface area (Å²) in [7, 11) is 0. The van der Waals surface area contributed by atoms with Crippen LogP contribution in [-0.4, -0.2) is 23.2 Å². The van der Waals surface area contributed by atoms with Crippen molar-refractivity contribution in [3.8, 4) is 0 Å². The molecule has 2 unspecified atom stereocenters. The van der Waals surface area contributed by atoms with Crippen molar-refractivity contribution in [2.75, 3.05) is 0 Å². The molecule has 0 aromatic carbocycles. The molecule has 0 saturated heterocycles. The van der Waals surface area contributed by atoms with E-state index in [1.807, 2.05) is 0 Å². The molecule has 80 valence electrons. The van der Waals surface area contributed by atoms with E-state index in [4.69, 9.17) is 5.11 Å². The summed E-state index contributed by atoms with van der Waals surface area (Å²) in [6.07, 6.45) is 7.72. The molecule has 0 amide bonds. The zero-order valence-corrected chi connectivity index (χ0v) is 8.54. The predicted molar refractivity (Wildman–Crippen MR) is 54.2 cm³/mol. The van der Waals surface area contributed by atoms with Crippen LogP contribution in [0.4, 0.5) is 0 Å². The summed E-state index contributed by atoms with van der Waals surface area (Å²) in [5, 5.41) is 12.6. The number of rotatable bonds is 3. The number of carboxylic acids is 1. The molecule has 2 atom stereocenters. The van der Waals surface area contributed by atoms with Gasteiger partial charge in [-0.15, -0.1) is 0 Å². The van der Waals surface area contributed by atoms with Gasteiger partial charge in [-0.3, -0.25) is 4.79 Å². The van der Waals surface area contributed by atoms with Crippen LogP contribution in [0.5, 0.6) is 0 Å². The predicted octanol–water partition coefficient (Wildman–Crippen LogP) is 1.77. The Morgan fingerprint density at radius 3 is 2.43 bits per heavy atom. The van der Waals surface area contributed by atoms with Crippen molar-refractivity contribution in [3.05, 3.63) is 0 Å². The summed E-state index contributed by atoms with van der Waals surface area (Å²) in [6.45, 7) is 0. The Balaban J connectivity index is 1.85. The van der Waals surface area contributed by atoms with Gasteiger partial charge in [0.15, 0.2) is 0 Å². The maximum Gasteiger partial charge on any atom is 0.306 e. The third kappa shape index (κ3) is 2.71. The maximum absolute atomic E-state index is 10.9. The third-order valence-corrected chi connectivity index (χ3v) is 3.32. The van der Waals surface area contributed by atoms with Crippen molar-refractivity contribution in [3.63, 3.8) is 0 Å². The normalized spacial score (nSPS) is 33.7. The summed E-state index contributed by atoms with van der Waals surface area (Å²) in [5.41, 5.74) is 0. The first kappa shape index (κ1) is 9.97. The Morgan fingerprint density at radius 1 is 1.07 bits per heavy atom. The van der Waals surface area contributed by atoms with E-state index in [1.165, 1.54) is 25.7 Å². The van der Waals surface area contributed by atoms with Crippen LogP contribution in [0.1, 0.15) is 44.9 Å². The van der Waals surface area contributed by atoms with Gasteiger partial charge in [-0.1, -0.05) is 12.8 Å². The van der Waals surface area contributed by atoms with Crippen LogP contribution in [0.2, 0.25) is 0 Å². The molecule has 2 saturated carbocycles. The van der Waals surface area contributed by atoms with Crippen molar-refractivity contribution < 1.29 is 9.90 Å². The Kier molecular flexibility index (Phi) is 3.06. The minimum atomic E-state index is -0.602. The SMILES string of the molecule is O=C(O)C1CCCCC(NC2CC2)C1. The van der Waals surface area contributed by atoms with Crippen LogP contribution < -0.4 is 5.32 Å². The second-order valence-corrected chi connectivity index (χ2v) is 4.69. The molecule has 2 rings (SSSR count). The first-order valence-corrected chi connectivity index (χ1v) is 5.74. The molecule has 0 spiro atoms. The second-order valence-electron chi connectivity index (χ2n) is 4.69. The summed E-state index contributed by atoms with van der Waals surface area (Å²) in [4.78, 5) is 10.9. The highest BCUT2D eigenvalue weighted by Crippen LogP contribution is 2.27. The van der Waals surface area contributed by atoms with Gasteiger partial charge in [0, 0.05) is 12.1 Å². The van der Waals surface area contributed by atoms with E-state index in [1.54, 1.807) is 0 Å². The van der Waals surface area contributed by atoms with Crippen LogP contribution in [0.3, 0.4) is 0 Å². The van der Waals surface area contributed by atoms with E-state index in [2.05, 4.69) is 5.32 Å². The van der Waals surface area contributed by atoms with Crippen molar-refractivity contribution >= 4 is 5.97 Å². The smallest absolute Gasteiger partial charge is 0.306 e. The molecule has 0 aromatic rings. The first-order valence-electron chi connectivity index (χ1n) is 5.74. The standard InChI is InChI=1S/C11H19NO2/c13-11(14)8-3-1-2-4-10(7-8)12-9-5-6-9/h8-10,12H,1-7H2,(H,13,14). The van der Waals surface area contributed by atoms with E-state index in [0.717, 1.165) is 19.3 Å². The third-order valence-electron chi connectivity index (χ3n) is 3.32. The highest BCUT2D eigenvalue weighted by molar-refractivity contribution is 5.70. The molecule has 2 N–H and O–H groups in total. The van der Waals surface area contributed by atoms with Gasteiger partial charge >= 0.3 is 5.97 Å². The van der Waals surface area contributed by atoms with Crippen molar-refractivity contribution in [1.82, 2.24) is 5.32 Å². The Hall–Kier alpha value is -0.570. The van der Waals surface area contributed by atoms with Crippen LogP contribution in [-0.2, 0) is 4.79 Å². The van der Waals surface area contributed by atoms with Gasteiger partial charge in [0.2, 0.25) is 0 Å². The lowest BCUT2D eigenvalue weighted by molar-refractivity contribution is -0.142. The minimum absolute atomic E-state index is 0.103. The number of nitrogens with one attached hydrogen (secondary N) is 1.